The van der Waals surface area contributed by atoms with Crippen molar-refractivity contribution in [2.75, 3.05) is 6.61 Å². The normalized spacial score (nSPS) is 11.0. The Morgan fingerprint density at radius 3 is 2.83 bits per heavy atom. The summed E-state index contributed by atoms with van der Waals surface area (Å²) in [6.45, 7) is 4.18. The van der Waals surface area contributed by atoms with Gasteiger partial charge in [0.05, 0.1) is 12.2 Å². The van der Waals surface area contributed by atoms with Gasteiger partial charge in [-0.15, -0.1) is 0 Å². The zero-order valence-corrected chi connectivity index (χ0v) is 16.3. The fourth-order valence-corrected chi connectivity index (χ4v) is 4.40. The number of aromatic amines is 1. The third-order valence-electron chi connectivity index (χ3n) is 3.49. The Balaban J connectivity index is 2.00. The molecule has 0 atom stereocenters. The summed E-state index contributed by atoms with van der Waals surface area (Å²) >= 11 is 11.1. The summed E-state index contributed by atoms with van der Waals surface area (Å²) in [5.41, 5.74) is 2.60. The van der Waals surface area contributed by atoms with E-state index in [1.54, 1.807) is 24.8 Å². The van der Waals surface area contributed by atoms with E-state index in [2.05, 4.69) is 20.9 Å². The SMILES string of the molecule is CCOC(=O)c1cc(Br)cc(Sc2c(C)[nH]c3cc(Cl)ccc23)c1. The Labute approximate surface area is 157 Å². The van der Waals surface area contributed by atoms with Crippen LogP contribution in [-0.2, 0) is 4.74 Å². The van der Waals surface area contributed by atoms with Crippen molar-refractivity contribution in [2.45, 2.75) is 23.6 Å². The molecule has 1 N–H and O–H groups in total. The molecule has 2 aromatic carbocycles. The molecule has 3 aromatic rings. The van der Waals surface area contributed by atoms with Gasteiger partial charge in [-0.1, -0.05) is 45.4 Å². The summed E-state index contributed by atoms with van der Waals surface area (Å²) in [5.74, 6) is -0.317. The quantitative estimate of drug-likeness (QED) is 0.505. The molecular weight excluding hydrogens is 410 g/mol. The van der Waals surface area contributed by atoms with Crippen LogP contribution in [0.4, 0.5) is 0 Å². The van der Waals surface area contributed by atoms with Crippen molar-refractivity contribution in [1.82, 2.24) is 4.98 Å². The molecule has 3 nitrogen and oxygen atoms in total. The third kappa shape index (κ3) is 3.63. The number of hydrogen-bond donors (Lipinski definition) is 1. The smallest absolute Gasteiger partial charge is 0.338 e. The van der Waals surface area contributed by atoms with E-state index in [9.17, 15) is 4.79 Å². The van der Waals surface area contributed by atoms with Gasteiger partial charge >= 0.3 is 5.97 Å². The predicted octanol–water partition coefficient (Wildman–Crippen LogP) is 6.22. The van der Waals surface area contributed by atoms with Gasteiger partial charge in [0, 0.05) is 35.9 Å². The highest BCUT2D eigenvalue weighted by Gasteiger charge is 2.14. The molecule has 0 aliphatic heterocycles. The van der Waals surface area contributed by atoms with Crippen LogP contribution in [0.15, 0.2) is 50.7 Å². The molecule has 6 heteroatoms. The number of hydrogen-bond acceptors (Lipinski definition) is 3. The van der Waals surface area contributed by atoms with Crippen molar-refractivity contribution in [1.29, 1.82) is 0 Å². The molecule has 0 fully saturated rings. The molecule has 0 radical (unpaired) electrons. The Morgan fingerprint density at radius 2 is 2.08 bits per heavy atom. The van der Waals surface area contributed by atoms with Crippen LogP contribution in [-0.4, -0.2) is 17.6 Å². The highest BCUT2D eigenvalue weighted by atomic mass is 79.9. The molecule has 0 amide bonds. The van der Waals surface area contributed by atoms with E-state index < -0.39 is 0 Å². The van der Waals surface area contributed by atoms with Crippen molar-refractivity contribution in [3.05, 3.63) is 57.2 Å². The number of fused-ring (bicyclic) bond motifs is 1. The molecule has 0 aliphatic rings. The van der Waals surface area contributed by atoms with Crippen molar-refractivity contribution < 1.29 is 9.53 Å². The molecule has 0 bridgehead atoms. The van der Waals surface area contributed by atoms with E-state index in [4.69, 9.17) is 16.3 Å². The first-order chi connectivity index (χ1) is 11.5. The molecule has 0 unspecified atom stereocenters. The Hall–Kier alpha value is -1.43. The predicted molar refractivity (Wildman–Crippen MR) is 102 cm³/mol. The van der Waals surface area contributed by atoms with Crippen molar-refractivity contribution in [2.24, 2.45) is 0 Å². The maximum atomic E-state index is 12.0. The van der Waals surface area contributed by atoms with Crippen LogP contribution in [0.5, 0.6) is 0 Å². The van der Waals surface area contributed by atoms with E-state index in [1.165, 1.54) is 0 Å². The van der Waals surface area contributed by atoms with Gasteiger partial charge in [-0.25, -0.2) is 4.79 Å². The summed E-state index contributed by atoms with van der Waals surface area (Å²) in [5, 5.41) is 1.81. The van der Waals surface area contributed by atoms with Gasteiger partial charge in [-0.3, -0.25) is 0 Å². The second kappa shape index (κ2) is 7.21. The van der Waals surface area contributed by atoms with Crippen LogP contribution in [0.1, 0.15) is 23.0 Å². The largest absolute Gasteiger partial charge is 0.462 e. The zero-order valence-electron chi connectivity index (χ0n) is 13.2. The number of ether oxygens (including phenoxy) is 1. The maximum absolute atomic E-state index is 12.0. The number of aryl methyl sites for hydroxylation is 1. The first-order valence-corrected chi connectivity index (χ1v) is 9.40. The van der Waals surface area contributed by atoms with Crippen LogP contribution >= 0.6 is 39.3 Å². The van der Waals surface area contributed by atoms with E-state index in [0.29, 0.717) is 17.2 Å². The van der Waals surface area contributed by atoms with Gasteiger partial charge in [-0.05, 0) is 44.2 Å². The lowest BCUT2D eigenvalue weighted by Gasteiger charge is -2.07. The van der Waals surface area contributed by atoms with Crippen molar-refractivity contribution in [3.63, 3.8) is 0 Å². The number of aromatic nitrogens is 1. The third-order valence-corrected chi connectivity index (χ3v) is 5.39. The number of carbonyl (C=O) groups is 1. The number of esters is 1. The lowest BCUT2D eigenvalue weighted by Crippen LogP contribution is -2.04. The minimum Gasteiger partial charge on any atom is -0.462 e. The Bertz CT molecular complexity index is 923. The lowest BCUT2D eigenvalue weighted by atomic mass is 10.2. The molecule has 1 heterocycles. The van der Waals surface area contributed by atoms with Crippen LogP contribution < -0.4 is 0 Å². The van der Waals surface area contributed by atoms with Crippen molar-refractivity contribution >= 4 is 56.2 Å². The van der Waals surface area contributed by atoms with Crippen molar-refractivity contribution in [3.8, 4) is 0 Å². The van der Waals surface area contributed by atoms with Gasteiger partial charge in [0.2, 0.25) is 0 Å². The standard InChI is InChI=1S/C18H15BrClNO2S/c1-3-23-18(22)11-6-12(19)8-14(7-11)24-17-10(2)21-16-9-13(20)4-5-15(16)17/h4-9,21H,3H2,1-2H3. The molecule has 0 saturated carbocycles. The summed E-state index contributed by atoms with van der Waals surface area (Å²) < 4.78 is 5.93. The molecule has 1 aromatic heterocycles. The monoisotopic (exact) mass is 423 g/mol. The maximum Gasteiger partial charge on any atom is 0.338 e. The second-order valence-electron chi connectivity index (χ2n) is 5.27. The van der Waals surface area contributed by atoms with E-state index in [1.807, 2.05) is 37.3 Å². The fraction of sp³-hybridized carbons (Fsp3) is 0.167. The summed E-state index contributed by atoms with van der Waals surface area (Å²) in [6, 6.07) is 11.4. The van der Waals surface area contributed by atoms with E-state index in [0.717, 1.165) is 30.9 Å². The average molecular weight is 425 g/mol. The Kier molecular flexibility index (Phi) is 5.23. The summed E-state index contributed by atoms with van der Waals surface area (Å²) in [4.78, 5) is 17.4. The molecule has 0 saturated heterocycles. The summed E-state index contributed by atoms with van der Waals surface area (Å²) in [7, 11) is 0. The molecular formula is C18H15BrClNO2S. The first kappa shape index (κ1) is 17.4. The van der Waals surface area contributed by atoms with E-state index >= 15 is 0 Å². The summed E-state index contributed by atoms with van der Waals surface area (Å²) in [6.07, 6.45) is 0. The molecule has 124 valence electrons. The van der Waals surface area contributed by atoms with Gasteiger partial charge in [0.15, 0.2) is 0 Å². The fourth-order valence-electron chi connectivity index (χ4n) is 2.48. The van der Waals surface area contributed by atoms with E-state index in [-0.39, 0.29) is 5.97 Å². The van der Waals surface area contributed by atoms with Gasteiger partial charge in [-0.2, -0.15) is 0 Å². The average Bonchev–Trinajstić information content (AvgIpc) is 2.82. The molecule has 0 spiro atoms. The molecule has 0 aliphatic carbocycles. The van der Waals surface area contributed by atoms with Crippen LogP contribution in [0.3, 0.4) is 0 Å². The lowest BCUT2D eigenvalue weighted by molar-refractivity contribution is 0.0526. The van der Waals surface area contributed by atoms with Gasteiger partial charge in [0.25, 0.3) is 0 Å². The van der Waals surface area contributed by atoms with Crippen LogP contribution in [0.25, 0.3) is 10.9 Å². The van der Waals surface area contributed by atoms with Crippen LogP contribution in [0.2, 0.25) is 5.02 Å². The zero-order chi connectivity index (χ0) is 17.3. The highest BCUT2D eigenvalue weighted by molar-refractivity contribution is 9.10. The number of nitrogens with one attached hydrogen (secondary N) is 1. The number of carbonyl (C=O) groups excluding carboxylic acids is 1. The number of rotatable bonds is 4. The molecule has 3 rings (SSSR count). The van der Waals surface area contributed by atoms with Gasteiger partial charge < -0.3 is 9.72 Å². The minimum atomic E-state index is -0.317. The Morgan fingerprint density at radius 1 is 1.29 bits per heavy atom. The minimum absolute atomic E-state index is 0.317. The van der Waals surface area contributed by atoms with Gasteiger partial charge in [0.1, 0.15) is 0 Å². The first-order valence-electron chi connectivity index (χ1n) is 7.41. The number of H-pyrrole nitrogens is 1. The number of halogens is 2. The highest BCUT2D eigenvalue weighted by Crippen LogP contribution is 2.38. The molecule has 24 heavy (non-hydrogen) atoms. The second-order valence-corrected chi connectivity index (χ2v) is 7.70. The topological polar surface area (TPSA) is 42.1 Å². The number of benzene rings is 2. The van der Waals surface area contributed by atoms with Crippen LogP contribution in [0, 0.1) is 6.92 Å².